The average molecular weight is 326 g/mol. The lowest BCUT2D eigenvalue weighted by Gasteiger charge is -1.99. The second-order valence-corrected chi connectivity index (χ2v) is 5.99. The number of rotatable bonds is 4. The van der Waals surface area contributed by atoms with E-state index in [1.807, 2.05) is 12.3 Å². The summed E-state index contributed by atoms with van der Waals surface area (Å²) in [6, 6.07) is 7.00. The molecule has 0 aliphatic rings. The Balaban J connectivity index is 1.71. The van der Waals surface area contributed by atoms with Gasteiger partial charge in [0.05, 0.1) is 28.2 Å². The van der Waals surface area contributed by atoms with Crippen molar-refractivity contribution < 1.29 is 9.21 Å². The highest BCUT2D eigenvalue weighted by molar-refractivity contribution is 7.09. The van der Waals surface area contributed by atoms with Crippen LogP contribution in [0.1, 0.15) is 16.3 Å². The van der Waals surface area contributed by atoms with E-state index in [-0.39, 0.29) is 11.3 Å². The fourth-order valence-electron chi connectivity index (χ4n) is 2.10. The lowest BCUT2D eigenvalue weighted by atomic mass is 10.1. The van der Waals surface area contributed by atoms with Crippen molar-refractivity contribution in [2.24, 2.45) is 0 Å². The number of carbonyl (C=O) groups excluding carboxylic acids is 1. The summed E-state index contributed by atoms with van der Waals surface area (Å²) in [6.07, 6.45) is 4.14. The van der Waals surface area contributed by atoms with Crippen molar-refractivity contribution in [1.29, 1.82) is 0 Å². The average Bonchev–Trinajstić information content (AvgIpc) is 2.98. The van der Waals surface area contributed by atoms with Gasteiger partial charge in [-0.15, -0.1) is 11.3 Å². The van der Waals surface area contributed by atoms with Gasteiger partial charge in [0.2, 0.25) is 5.91 Å². The van der Waals surface area contributed by atoms with Crippen LogP contribution in [0.15, 0.2) is 51.2 Å². The predicted molar refractivity (Wildman–Crippen MR) is 90.2 cm³/mol. The van der Waals surface area contributed by atoms with Crippen LogP contribution in [0.3, 0.4) is 0 Å². The molecule has 0 aliphatic carbocycles. The molecule has 6 heteroatoms. The molecule has 1 aromatic carbocycles. The standard InChI is InChI=1S/C17H14N2O3S/c1-11-19-13(10-23-11)8-18-16(20)7-6-12-9-22-15-5-3-2-4-14(15)17(12)21/h2-7,9-10H,8H2,1H3,(H,18,20)/b7-6+. The van der Waals surface area contributed by atoms with Crippen LogP contribution in [0, 0.1) is 6.92 Å². The van der Waals surface area contributed by atoms with Crippen molar-refractivity contribution >= 4 is 34.3 Å². The Morgan fingerprint density at radius 3 is 3.00 bits per heavy atom. The molecule has 23 heavy (non-hydrogen) atoms. The molecular weight excluding hydrogens is 312 g/mol. The first kappa shape index (κ1) is 15.2. The number of nitrogens with zero attached hydrogens (tertiary/aromatic N) is 1. The van der Waals surface area contributed by atoms with Gasteiger partial charge in [0.15, 0.2) is 5.43 Å². The predicted octanol–water partition coefficient (Wildman–Crippen LogP) is 2.89. The van der Waals surface area contributed by atoms with Crippen LogP contribution in [-0.2, 0) is 11.3 Å². The van der Waals surface area contributed by atoms with E-state index in [0.717, 1.165) is 10.7 Å². The van der Waals surface area contributed by atoms with Crippen molar-refractivity contribution in [3.8, 4) is 0 Å². The molecule has 1 N–H and O–H groups in total. The first-order valence-electron chi connectivity index (χ1n) is 7.01. The molecule has 0 fully saturated rings. The summed E-state index contributed by atoms with van der Waals surface area (Å²) in [5, 5.41) is 6.08. The highest BCUT2D eigenvalue weighted by atomic mass is 32.1. The monoisotopic (exact) mass is 326 g/mol. The van der Waals surface area contributed by atoms with E-state index >= 15 is 0 Å². The SMILES string of the molecule is Cc1nc(CNC(=O)/C=C/c2coc3ccccc3c2=O)cs1. The number of aromatic nitrogens is 1. The molecule has 0 bridgehead atoms. The highest BCUT2D eigenvalue weighted by Crippen LogP contribution is 2.11. The third-order valence-corrected chi connectivity index (χ3v) is 4.05. The van der Waals surface area contributed by atoms with Crippen molar-refractivity contribution in [2.45, 2.75) is 13.5 Å². The fraction of sp³-hybridized carbons (Fsp3) is 0.118. The summed E-state index contributed by atoms with van der Waals surface area (Å²) >= 11 is 1.54. The van der Waals surface area contributed by atoms with Gasteiger partial charge in [0, 0.05) is 11.5 Å². The first-order valence-corrected chi connectivity index (χ1v) is 7.89. The maximum atomic E-state index is 12.3. The van der Waals surface area contributed by atoms with Crippen LogP contribution in [0.2, 0.25) is 0 Å². The highest BCUT2D eigenvalue weighted by Gasteiger charge is 2.05. The van der Waals surface area contributed by atoms with Gasteiger partial charge in [-0.25, -0.2) is 4.98 Å². The van der Waals surface area contributed by atoms with Crippen molar-refractivity contribution in [1.82, 2.24) is 10.3 Å². The van der Waals surface area contributed by atoms with Gasteiger partial charge >= 0.3 is 0 Å². The summed E-state index contributed by atoms with van der Waals surface area (Å²) in [5.74, 6) is -0.289. The number of amides is 1. The first-order chi connectivity index (χ1) is 11.1. The van der Waals surface area contributed by atoms with Crippen LogP contribution in [0.25, 0.3) is 17.0 Å². The van der Waals surface area contributed by atoms with Crippen LogP contribution >= 0.6 is 11.3 Å². The summed E-state index contributed by atoms with van der Waals surface area (Å²) in [7, 11) is 0. The Labute approximate surface area is 136 Å². The Kier molecular flexibility index (Phi) is 4.34. The van der Waals surface area contributed by atoms with Crippen LogP contribution in [0.5, 0.6) is 0 Å². The Bertz CT molecular complexity index is 940. The number of para-hydroxylation sites is 1. The lowest BCUT2D eigenvalue weighted by Crippen LogP contribution is -2.20. The molecule has 0 unspecified atom stereocenters. The van der Waals surface area contributed by atoms with E-state index in [1.165, 1.54) is 29.8 Å². The maximum absolute atomic E-state index is 12.3. The molecule has 2 heterocycles. The van der Waals surface area contributed by atoms with Gasteiger partial charge in [-0.1, -0.05) is 12.1 Å². The number of carbonyl (C=O) groups is 1. The summed E-state index contributed by atoms with van der Waals surface area (Å²) in [4.78, 5) is 28.4. The summed E-state index contributed by atoms with van der Waals surface area (Å²) in [6.45, 7) is 2.27. The van der Waals surface area contributed by atoms with Gasteiger partial charge < -0.3 is 9.73 Å². The third kappa shape index (κ3) is 3.54. The zero-order valence-corrected chi connectivity index (χ0v) is 13.2. The van der Waals surface area contributed by atoms with E-state index in [0.29, 0.717) is 23.1 Å². The van der Waals surface area contributed by atoms with Gasteiger partial charge in [0.1, 0.15) is 11.8 Å². The Morgan fingerprint density at radius 2 is 2.22 bits per heavy atom. The molecule has 5 nitrogen and oxygen atoms in total. The minimum Gasteiger partial charge on any atom is -0.463 e. The summed E-state index contributed by atoms with van der Waals surface area (Å²) in [5.41, 5.74) is 1.52. The number of benzene rings is 1. The fourth-order valence-corrected chi connectivity index (χ4v) is 2.71. The van der Waals surface area contributed by atoms with E-state index in [2.05, 4.69) is 10.3 Å². The molecule has 0 saturated carbocycles. The molecule has 0 saturated heterocycles. The van der Waals surface area contributed by atoms with E-state index in [4.69, 9.17) is 4.42 Å². The second-order valence-electron chi connectivity index (χ2n) is 4.93. The number of hydrogen-bond acceptors (Lipinski definition) is 5. The Morgan fingerprint density at radius 1 is 1.39 bits per heavy atom. The minimum absolute atomic E-state index is 0.161. The van der Waals surface area contributed by atoms with Gasteiger partial charge in [-0.2, -0.15) is 0 Å². The van der Waals surface area contributed by atoms with Crippen molar-refractivity contribution in [2.75, 3.05) is 0 Å². The number of thiazole rings is 1. The number of fused-ring (bicyclic) bond motifs is 1. The van der Waals surface area contributed by atoms with E-state index in [1.54, 1.807) is 24.3 Å². The molecule has 0 spiro atoms. The molecule has 0 radical (unpaired) electrons. The van der Waals surface area contributed by atoms with Crippen LogP contribution in [0.4, 0.5) is 0 Å². The zero-order valence-electron chi connectivity index (χ0n) is 12.4. The summed E-state index contributed by atoms with van der Waals surface area (Å²) < 4.78 is 5.40. The smallest absolute Gasteiger partial charge is 0.244 e. The molecule has 1 amide bonds. The van der Waals surface area contributed by atoms with Gasteiger partial charge in [-0.05, 0) is 25.1 Å². The Hall–Kier alpha value is -2.73. The van der Waals surface area contributed by atoms with Gasteiger partial charge in [0.25, 0.3) is 0 Å². The molecule has 3 rings (SSSR count). The lowest BCUT2D eigenvalue weighted by molar-refractivity contribution is -0.116. The van der Waals surface area contributed by atoms with Crippen molar-refractivity contribution in [3.05, 3.63) is 68.5 Å². The normalized spacial score (nSPS) is 11.2. The number of nitrogens with one attached hydrogen (secondary N) is 1. The molecule has 0 aliphatic heterocycles. The molecular formula is C17H14N2O3S. The molecule has 3 aromatic rings. The zero-order chi connectivity index (χ0) is 16.2. The van der Waals surface area contributed by atoms with Crippen LogP contribution < -0.4 is 10.7 Å². The molecule has 2 aromatic heterocycles. The molecule has 116 valence electrons. The van der Waals surface area contributed by atoms with E-state index in [9.17, 15) is 9.59 Å². The largest absolute Gasteiger partial charge is 0.463 e. The van der Waals surface area contributed by atoms with Crippen LogP contribution in [-0.4, -0.2) is 10.9 Å². The van der Waals surface area contributed by atoms with E-state index < -0.39 is 0 Å². The number of aryl methyl sites for hydroxylation is 1. The number of hydrogen-bond donors (Lipinski definition) is 1. The topological polar surface area (TPSA) is 72.2 Å². The maximum Gasteiger partial charge on any atom is 0.244 e. The minimum atomic E-state index is -0.289. The van der Waals surface area contributed by atoms with Gasteiger partial charge in [-0.3, -0.25) is 9.59 Å². The third-order valence-electron chi connectivity index (χ3n) is 3.23. The van der Waals surface area contributed by atoms with Crippen molar-refractivity contribution in [3.63, 3.8) is 0 Å². The molecule has 0 atom stereocenters. The quantitative estimate of drug-likeness (QED) is 0.748. The second kappa shape index (κ2) is 6.58.